The first kappa shape index (κ1) is 20.7. The Bertz CT molecular complexity index is 829. The van der Waals surface area contributed by atoms with E-state index in [9.17, 15) is 18.0 Å². The Morgan fingerprint density at radius 3 is 2.57 bits per heavy atom. The van der Waals surface area contributed by atoms with Crippen LogP contribution in [0.1, 0.15) is 41.7 Å². The van der Waals surface area contributed by atoms with Crippen LogP contribution in [0.25, 0.3) is 5.82 Å². The molecule has 2 aromatic rings. The molecule has 0 unspecified atom stereocenters. The number of nitrogens with zero attached hydrogens (tertiary/aromatic N) is 2. The molecule has 3 rings (SSSR count). The van der Waals surface area contributed by atoms with Gasteiger partial charge in [-0.3, -0.25) is 9.36 Å². The van der Waals surface area contributed by atoms with Gasteiger partial charge in [0.2, 0.25) is 0 Å². The zero-order chi connectivity index (χ0) is 20.3. The van der Waals surface area contributed by atoms with E-state index in [2.05, 4.69) is 10.3 Å². The summed E-state index contributed by atoms with van der Waals surface area (Å²) in [5.74, 6) is 0.733. The van der Waals surface area contributed by atoms with Crippen molar-refractivity contribution in [3.8, 4) is 5.82 Å². The molecule has 1 saturated carbocycles. The van der Waals surface area contributed by atoms with Crippen LogP contribution >= 0.6 is 11.6 Å². The molecule has 1 amide bonds. The number of carbonyl (C=O) groups is 1. The molecule has 28 heavy (non-hydrogen) atoms. The van der Waals surface area contributed by atoms with E-state index >= 15 is 0 Å². The number of halogens is 4. The van der Waals surface area contributed by atoms with Gasteiger partial charge in [-0.25, -0.2) is 4.98 Å². The quantitative estimate of drug-likeness (QED) is 0.775. The fourth-order valence-electron chi connectivity index (χ4n) is 3.51. The minimum Gasteiger partial charge on any atom is -0.350 e. The van der Waals surface area contributed by atoms with E-state index in [1.54, 1.807) is 18.3 Å². The molecular weight excluding hydrogens is 393 g/mol. The van der Waals surface area contributed by atoms with E-state index in [-0.39, 0.29) is 22.4 Å². The highest BCUT2D eigenvalue weighted by Gasteiger charge is 2.32. The Morgan fingerprint density at radius 2 is 1.96 bits per heavy atom. The second-order valence-electron chi connectivity index (χ2n) is 7.12. The average molecular weight is 415 g/mol. The average Bonchev–Trinajstić information content (AvgIpc) is 3.15. The maximum Gasteiger partial charge on any atom is 0.417 e. The topological polar surface area (TPSA) is 72.9 Å². The van der Waals surface area contributed by atoms with Gasteiger partial charge in [-0.2, -0.15) is 13.2 Å². The minimum absolute atomic E-state index is 0.0771. The van der Waals surface area contributed by atoms with E-state index < -0.39 is 11.7 Å². The summed E-state index contributed by atoms with van der Waals surface area (Å²) in [5.41, 5.74) is 5.03. The zero-order valence-corrected chi connectivity index (χ0v) is 15.9. The molecule has 5 nitrogen and oxygen atoms in total. The lowest BCUT2D eigenvalue weighted by Gasteiger charge is -2.27. The van der Waals surface area contributed by atoms with E-state index in [1.807, 2.05) is 0 Å². The van der Waals surface area contributed by atoms with Gasteiger partial charge in [0, 0.05) is 18.9 Å². The third-order valence-electron chi connectivity index (χ3n) is 5.21. The van der Waals surface area contributed by atoms with Crippen LogP contribution in [0.3, 0.4) is 0 Å². The molecule has 2 aromatic heterocycles. The number of aromatic nitrogens is 2. The second kappa shape index (κ2) is 8.53. The molecule has 0 atom stereocenters. The molecule has 1 fully saturated rings. The summed E-state index contributed by atoms with van der Waals surface area (Å²) >= 11 is 6.00. The molecule has 0 spiro atoms. The summed E-state index contributed by atoms with van der Waals surface area (Å²) in [6, 6.07) is 4.01. The number of hydrogen-bond donors (Lipinski definition) is 2. The molecule has 3 N–H and O–H groups in total. The van der Waals surface area contributed by atoms with Gasteiger partial charge in [0.05, 0.1) is 10.6 Å². The van der Waals surface area contributed by atoms with Gasteiger partial charge in [-0.15, -0.1) is 0 Å². The molecule has 0 radical (unpaired) electrons. The predicted molar refractivity (Wildman–Crippen MR) is 100 cm³/mol. The Hall–Kier alpha value is -2.06. The molecular formula is C19H22ClF3N4O. The van der Waals surface area contributed by atoms with Crippen molar-refractivity contribution in [2.45, 2.75) is 31.9 Å². The lowest BCUT2D eigenvalue weighted by molar-refractivity contribution is -0.137. The number of nitrogens with one attached hydrogen (secondary N) is 1. The van der Waals surface area contributed by atoms with Crippen LogP contribution in [0.15, 0.2) is 30.6 Å². The fourth-order valence-corrected chi connectivity index (χ4v) is 3.77. The van der Waals surface area contributed by atoms with E-state index in [4.69, 9.17) is 17.3 Å². The van der Waals surface area contributed by atoms with Gasteiger partial charge in [0.1, 0.15) is 5.69 Å². The molecule has 152 valence electrons. The van der Waals surface area contributed by atoms with Crippen molar-refractivity contribution in [2.24, 2.45) is 17.6 Å². The summed E-state index contributed by atoms with van der Waals surface area (Å²) in [4.78, 5) is 16.4. The van der Waals surface area contributed by atoms with E-state index in [1.165, 1.54) is 4.57 Å². The second-order valence-corrected chi connectivity index (χ2v) is 7.53. The van der Waals surface area contributed by atoms with Crippen LogP contribution in [0.5, 0.6) is 0 Å². The first-order chi connectivity index (χ1) is 13.3. The standard InChI is InChI=1S/C19H22ClF3N4O/c20-15-8-14(19(21,22)23)11-25-17(15)27-7-1-2-16(27)18(28)26-10-13-5-3-12(9-24)4-6-13/h1-2,7-8,11-13H,3-6,9-10,24H2,(H,26,28). The molecule has 0 aromatic carbocycles. The van der Waals surface area contributed by atoms with Crippen LogP contribution in [-0.2, 0) is 6.18 Å². The predicted octanol–water partition coefficient (Wildman–Crippen LogP) is 4.04. The van der Waals surface area contributed by atoms with Crippen LogP contribution in [0.2, 0.25) is 5.02 Å². The lowest BCUT2D eigenvalue weighted by Crippen LogP contribution is -2.33. The van der Waals surface area contributed by atoms with Crippen molar-refractivity contribution in [3.63, 3.8) is 0 Å². The Kier molecular flexibility index (Phi) is 6.30. The first-order valence-corrected chi connectivity index (χ1v) is 9.56. The summed E-state index contributed by atoms with van der Waals surface area (Å²) in [6.45, 7) is 1.25. The van der Waals surface area contributed by atoms with Crippen molar-refractivity contribution < 1.29 is 18.0 Å². The molecule has 0 aliphatic heterocycles. The summed E-state index contributed by atoms with van der Waals surface area (Å²) in [6.07, 6.45) is 1.90. The highest BCUT2D eigenvalue weighted by molar-refractivity contribution is 6.32. The maximum atomic E-state index is 12.8. The van der Waals surface area contributed by atoms with Gasteiger partial charge in [0.15, 0.2) is 5.82 Å². The third-order valence-corrected chi connectivity index (χ3v) is 5.49. The number of carbonyl (C=O) groups excluding carboxylic acids is 1. The lowest BCUT2D eigenvalue weighted by atomic mass is 9.82. The number of pyridine rings is 1. The van der Waals surface area contributed by atoms with Crippen LogP contribution in [0, 0.1) is 11.8 Å². The van der Waals surface area contributed by atoms with Crippen LogP contribution < -0.4 is 11.1 Å². The van der Waals surface area contributed by atoms with Gasteiger partial charge in [-0.1, -0.05) is 11.6 Å². The number of nitrogens with two attached hydrogens (primary N) is 1. The summed E-state index contributed by atoms with van der Waals surface area (Å²) in [7, 11) is 0. The molecule has 1 aliphatic carbocycles. The zero-order valence-electron chi connectivity index (χ0n) is 15.2. The summed E-state index contributed by atoms with van der Waals surface area (Å²) in [5, 5.41) is 2.73. The Labute approximate surface area is 166 Å². The van der Waals surface area contributed by atoms with Gasteiger partial charge >= 0.3 is 6.18 Å². The van der Waals surface area contributed by atoms with Gasteiger partial charge in [-0.05, 0) is 62.3 Å². The summed E-state index contributed by atoms with van der Waals surface area (Å²) < 4.78 is 39.8. The Morgan fingerprint density at radius 1 is 1.29 bits per heavy atom. The van der Waals surface area contributed by atoms with Crippen molar-refractivity contribution >= 4 is 17.5 Å². The first-order valence-electron chi connectivity index (χ1n) is 9.18. The third kappa shape index (κ3) is 4.67. The molecule has 9 heteroatoms. The largest absolute Gasteiger partial charge is 0.417 e. The van der Waals surface area contributed by atoms with E-state index in [0.717, 1.165) is 31.7 Å². The monoisotopic (exact) mass is 414 g/mol. The molecule has 0 bridgehead atoms. The van der Waals surface area contributed by atoms with Crippen molar-refractivity contribution in [1.29, 1.82) is 0 Å². The SMILES string of the molecule is NCC1CCC(CNC(=O)c2cccn2-c2ncc(C(F)(F)F)cc2Cl)CC1. The smallest absolute Gasteiger partial charge is 0.350 e. The Balaban J connectivity index is 1.69. The van der Waals surface area contributed by atoms with Gasteiger partial charge in [0.25, 0.3) is 5.91 Å². The van der Waals surface area contributed by atoms with Crippen molar-refractivity contribution in [1.82, 2.24) is 14.9 Å². The maximum absolute atomic E-state index is 12.8. The van der Waals surface area contributed by atoms with Crippen molar-refractivity contribution in [2.75, 3.05) is 13.1 Å². The normalized spacial score (nSPS) is 20.2. The minimum atomic E-state index is -4.53. The highest BCUT2D eigenvalue weighted by Crippen LogP contribution is 2.32. The highest BCUT2D eigenvalue weighted by atomic mass is 35.5. The molecule has 0 saturated heterocycles. The van der Waals surface area contributed by atoms with E-state index in [0.29, 0.717) is 31.1 Å². The fraction of sp³-hybridized carbons (Fsp3) is 0.474. The van der Waals surface area contributed by atoms with Crippen LogP contribution in [0.4, 0.5) is 13.2 Å². The number of alkyl halides is 3. The van der Waals surface area contributed by atoms with Crippen LogP contribution in [-0.4, -0.2) is 28.5 Å². The van der Waals surface area contributed by atoms with Gasteiger partial charge < -0.3 is 11.1 Å². The number of amides is 1. The van der Waals surface area contributed by atoms with Crippen molar-refractivity contribution in [3.05, 3.63) is 46.9 Å². The number of hydrogen-bond acceptors (Lipinski definition) is 3. The number of rotatable bonds is 5. The molecule has 2 heterocycles. The molecule has 1 aliphatic rings.